The van der Waals surface area contributed by atoms with Crippen LogP contribution in [0.25, 0.3) is 10.9 Å². The predicted octanol–water partition coefficient (Wildman–Crippen LogP) is 2.92. The quantitative estimate of drug-likeness (QED) is 0.836. The van der Waals surface area contributed by atoms with Crippen molar-refractivity contribution in [2.24, 2.45) is 0 Å². The van der Waals surface area contributed by atoms with E-state index in [1.807, 2.05) is 39.0 Å². The van der Waals surface area contributed by atoms with Crippen LogP contribution in [-0.4, -0.2) is 17.4 Å². The molecule has 0 radical (unpaired) electrons. The number of benzene rings is 1. The average molecular weight is 230 g/mol. The molecule has 1 aromatic carbocycles. The number of rotatable bonds is 3. The fraction of sp³-hybridized carbons (Fsp3) is 0.357. The van der Waals surface area contributed by atoms with Crippen LogP contribution >= 0.6 is 0 Å². The Morgan fingerprint density at radius 2 is 2.12 bits per heavy atom. The summed E-state index contributed by atoms with van der Waals surface area (Å²) in [4.78, 5) is 15.4. The van der Waals surface area contributed by atoms with Crippen LogP contribution in [0.5, 0.6) is 0 Å². The van der Waals surface area contributed by atoms with E-state index < -0.39 is 0 Å². The number of carbonyl (C=O) groups excluding carboxylic acids is 1. The van der Waals surface area contributed by atoms with Crippen molar-refractivity contribution in [3.63, 3.8) is 0 Å². The third kappa shape index (κ3) is 2.05. The summed E-state index contributed by atoms with van der Waals surface area (Å²) in [6, 6.07) is 6.03. The third-order valence-electron chi connectivity index (χ3n) is 2.99. The van der Waals surface area contributed by atoms with Crippen LogP contribution in [-0.2, 0) is 0 Å². The van der Waals surface area contributed by atoms with Crippen molar-refractivity contribution in [3.8, 4) is 0 Å². The minimum absolute atomic E-state index is 0.0150. The number of amides is 1. The van der Waals surface area contributed by atoms with Crippen molar-refractivity contribution in [2.75, 3.05) is 6.54 Å². The Hall–Kier alpha value is -1.77. The van der Waals surface area contributed by atoms with E-state index in [0.717, 1.165) is 35.1 Å². The highest BCUT2D eigenvalue weighted by atomic mass is 16.1. The molecule has 1 heterocycles. The first-order valence-electron chi connectivity index (χ1n) is 6.01. The Balaban J connectivity index is 2.50. The minimum Gasteiger partial charge on any atom is -0.358 e. The van der Waals surface area contributed by atoms with Gasteiger partial charge in [-0.15, -0.1) is 0 Å². The van der Waals surface area contributed by atoms with Gasteiger partial charge in [-0.2, -0.15) is 0 Å². The SMILES string of the molecule is CCCNC(=O)c1c(C)[nH]c2c(C)cccc12. The number of nitrogens with one attached hydrogen (secondary N) is 2. The van der Waals surface area contributed by atoms with Crippen LogP contribution in [0.4, 0.5) is 0 Å². The number of hydrogen-bond acceptors (Lipinski definition) is 1. The van der Waals surface area contributed by atoms with Crippen molar-refractivity contribution in [1.29, 1.82) is 0 Å². The van der Waals surface area contributed by atoms with Gasteiger partial charge in [0.2, 0.25) is 0 Å². The molecule has 0 unspecified atom stereocenters. The zero-order chi connectivity index (χ0) is 12.4. The van der Waals surface area contributed by atoms with Crippen LogP contribution in [0.15, 0.2) is 18.2 Å². The molecule has 2 aromatic rings. The molecule has 2 rings (SSSR count). The molecule has 0 aliphatic carbocycles. The normalized spacial score (nSPS) is 10.8. The molecule has 1 amide bonds. The highest BCUT2D eigenvalue weighted by Crippen LogP contribution is 2.24. The molecular formula is C14H18N2O. The summed E-state index contributed by atoms with van der Waals surface area (Å²) in [5, 5.41) is 3.94. The van der Waals surface area contributed by atoms with Gasteiger partial charge in [0.1, 0.15) is 0 Å². The minimum atomic E-state index is 0.0150. The van der Waals surface area contributed by atoms with E-state index in [4.69, 9.17) is 0 Å². The second-order valence-corrected chi connectivity index (χ2v) is 4.38. The lowest BCUT2D eigenvalue weighted by Crippen LogP contribution is -2.24. The summed E-state index contributed by atoms with van der Waals surface area (Å²) in [6.45, 7) is 6.76. The number of fused-ring (bicyclic) bond motifs is 1. The van der Waals surface area contributed by atoms with Gasteiger partial charge in [-0.3, -0.25) is 4.79 Å². The van der Waals surface area contributed by atoms with Gasteiger partial charge in [0, 0.05) is 23.1 Å². The highest BCUT2D eigenvalue weighted by molar-refractivity contribution is 6.08. The maximum absolute atomic E-state index is 12.1. The van der Waals surface area contributed by atoms with Gasteiger partial charge in [0.25, 0.3) is 5.91 Å². The van der Waals surface area contributed by atoms with Crippen molar-refractivity contribution >= 4 is 16.8 Å². The number of aromatic amines is 1. The summed E-state index contributed by atoms with van der Waals surface area (Å²) in [6.07, 6.45) is 0.951. The molecule has 0 saturated heterocycles. The highest BCUT2D eigenvalue weighted by Gasteiger charge is 2.15. The first-order chi connectivity index (χ1) is 8.15. The van der Waals surface area contributed by atoms with Gasteiger partial charge in [-0.25, -0.2) is 0 Å². The van der Waals surface area contributed by atoms with Crippen LogP contribution in [0.1, 0.15) is 35.0 Å². The van der Waals surface area contributed by atoms with Crippen molar-refractivity contribution in [2.45, 2.75) is 27.2 Å². The fourth-order valence-electron chi connectivity index (χ4n) is 2.11. The molecule has 0 aliphatic heterocycles. The van der Waals surface area contributed by atoms with Gasteiger partial charge in [0.15, 0.2) is 0 Å². The molecule has 2 N–H and O–H groups in total. The number of aryl methyl sites for hydroxylation is 2. The van der Waals surface area contributed by atoms with E-state index in [-0.39, 0.29) is 5.91 Å². The number of para-hydroxylation sites is 1. The molecule has 0 bridgehead atoms. The lowest BCUT2D eigenvalue weighted by Gasteiger charge is -2.03. The Kier molecular flexibility index (Phi) is 3.18. The van der Waals surface area contributed by atoms with Gasteiger partial charge >= 0.3 is 0 Å². The Morgan fingerprint density at radius 3 is 2.82 bits per heavy atom. The van der Waals surface area contributed by atoms with Gasteiger partial charge in [-0.1, -0.05) is 25.1 Å². The molecular weight excluding hydrogens is 212 g/mol. The summed E-state index contributed by atoms with van der Waals surface area (Å²) in [5.41, 5.74) is 3.94. The predicted molar refractivity (Wildman–Crippen MR) is 70.4 cm³/mol. The molecule has 17 heavy (non-hydrogen) atoms. The lowest BCUT2D eigenvalue weighted by molar-refractivity contribution is 0.0955. The molecule has 3 heteroatoms. The monoisotopic (exact) mass is 230 g/mol. The maximum Gasteiger partial charge on any atom is 0.253 e. The first kappa shape index (κ1) is 11.7. The van der Waals surface area contributed by atoms with Crippen LogP contribution in [0.3, 0.4) is 0 Å². The van der Waals surface area contributed by atoms with E-state index in [9.17, 15) is 4.79 Å². The molecule has 1 aromatic heterocycles. The maximum atomic E-state index is 12.1. The summed E-state index contributed by atoms with van der Waals surface area (Å²) in [7, 11) is 0. The third-order valence-corrected chi connectivity index (χ3v) is 2.99. The van der Waals surface area contributed by atoms with Crippen molar-refractivity contribution < 1.29 is 4.79 Å². The Bertz CT molecular complexity index is 555. The van der Waals surface area contributed by atoms with E-state index in [2.05, 4.69) is 10.3 Å². The summed E-state index contributed by atoms with van der Waals surface area (Å²) < 4.78 is 0. The molecule has 0 atom stereocenters. The second-order valence-electron chi connectivity index (χ2n) is 4.38. The van der Waals surface area contributed by atoms with E-state index in [1.165, 1.54) is 5.56 Å². The average Bonchev–Trinajstić information content (AvgIpc) is 2.64. The van der Waals surface area contributed by atoms with Gasteiger partial charge in [-0.05, 0) is 25.8 Å². The number of H-pyrrole nitrogens is 1. The van der Waals surface area contributed by atoms with Gasteiger partial charge < -0.3 is 10.3 Å². The van der Waals surface area contributed by atoms with Crippen LogP contribution < -0.4 is 5.32 Å². The van der Waals surface area contributed by atoms with E-state index in [1.54, 1.807) is 0 Å². The topological polar surface area (TPSA) is 44.9 Å². The standard InChI is InChI=1S/C14H18N2O/c1-4-8-15-14(17)12-10(3)16-13-9(2)6-5-7-11(12)13/h5-7,16H,4,8H2,1-3H3,(H,15,17). The van der Waals surface area contributed by atoms with Crippen molar-refractivity contribution in [1.82, 2.24) is 10.3 Å². The molecule has 0 fully saturated rings. The molecule has 0 saturated carbocycles. The van der Waals surface area contributed by atoms with E-state index >= 15 is 0 Å². The van der Waals surface area contributed by atoms with Gasteiger partial charge in [0.05, 0.1) is 5.56 Å². The summed E-state index contributed by atoms with van der Waals surface area (Å²) >= 11 is 0. The zero-order valence-corrected chi connectivity index (χ0v) is 10.6. The summed E-state index contributed by atoms with van der Waals surface area (Å²) in [5.74, 6) is 0.0150. The molecule has 0 aliphatic rings. The molecule has 3 nitrogen and oxygen atoms in total. The number of aromatic nitrogens is 1. The Morgan fingerprint density at radius 1 is 1.35 bits per heavy atom. The van der Waals surface area contributed by atoms with Crippen LogP contribution in [0.2, 0.25) is 0 Å². The molecule has 90 valence electrons. The Labute approximate surface area is 101 Å². The lowest BCUT2D eigenvalue weighted by atomic mass is 10.1. The van der Waals surface area contributed by atoms with E-state index in [0.29, 0.717) is 0 Å². The fourth-order valence-corrected chi connectivity index (χ4v) is 2.11. The van der Waals surface area contributed by atoms with Crippen LogP contribution in [0, 0.1) is 13.8 Å². The van der Waals surface area contributed by atoms with Crippen molar-refractivity contribution in [3.05, 3.63) is 35.0 Å². The zero-order valence-electron chi connectivity index (χ0n) is 10.6. The largest absolute Gasteiger partial charge is 0.358 e. The number of carbonyl (C=O) groups is 1. The second kappa shape index (κ2) is 4.62. The first-order valence-corrected chi connectivity index (χ1v) is 6.01. The number of hydrogen-bond donors (Lipinski definition) is 2. The molecule has 0 spiro atoms. The smallest absolute Gasteiger partial charge is 0.253 e.